The fourth-order valence-corrected chi connectivity index (χ4v) is 3.54. The zero-order valence-corrected chi connectivity index (χ0v) is 13.3. The number of phenolic OH excluding ortho intramolecular Hbond substituents is 1. The van der Waals surface area contributed by atoms with E-state index in [-0.39, 0.29) is 22.7 Å². The predicted molar refractivity (Wildman–Crippen MR) is 88.6 cm³/mol. The van der Waals surface area contributed by atoms with Crippen molar-refractivity contribution in [2.24, 2.45) is 0 Å². The van der Waals surface area contributed by atoms with Gasteiger partial charge in [-0.05, 0) is 36.8 Å². The Labute approximate surface area is 134 Å². The monoisotopic (exact) mass is 328 g/mol. The number of hydrogen-bond acceptors (Lipinski definition) is 4. The van der Waals surface area contributed by atoms with Crippen LogP contribution in [0.15, 0.2) is 59.6 Å². The van der Waals surface area contributed by atoms with Gasteiger partial charge in [-0.1, -0.05) is 29.8 Å². The van der Waals surface area contributed by atoms with E-state index in [4.69, 9.17) is 0 Å². The van der Waals surface area contributed by atoms with E-state index in [2.05, 4.69) is 9.71 Å². The number of aromatic nitrogens is 1. The standard InChI is InChI=1S/C17H16N2O3S/c1-12-4-6-13(7-5-12)11-19-23(21,22)16-9-8-15(20)17-14(16)3-2-10-18-17/h2-10,19-20H,11H2,1H3. The molecule has 0 unspecified atom stereocenters. The molecule has 5 nitrogen and oxygen atoms in total. The first-order valence-electron chi connectivity index (χ1n) is 7.09. The molecule has 0 saturated heterocycles. The van der Waals surface area contributed by atoms with E-state index in [9.17, 15) is 13.5 Å². The maximum Gasteiger partial charge on any atom is 0.241 e. The van der Waals surface area contributed by atoms with Crippen molar-refractivity contribution in [1.29, 1.82) is 0 Å². The Balaban J connectivity index is 1.94. The lowest BCUT2D eigenvalue weighted by molar-refractivity contribution is 0.480. The molecule has 3 rings (SSSR count). The number of phenols is 1. The molecule has 0 aliphatic heterocycles. The van der Waals surface area contributed by atoms with Crippen LogP contribution in [0.1, 0.15) is 11.1 Å². The van der Waals surface area contributed by atoms with E-state index < -0.39 is 10.0 Å². The van der Waals surface area contributed by atoms with Crippen LogP contribution in [0.2, 0.25) is 0 Å². The van der Waals surface area contributed by atoms with Crippen LogP contribution in [-0.4, -0.2) is 18.5 Å². The molecule has 0 amide bonds. The van der Waals surface area contributed by atoms with Gasteiger partial charge >= 0.3 is 0 Å². The van der Waals surface area contributed by atoms with Gasteiger partial charge in [0.1, 0.15) is 11.3 Å². The summed E-state index contributed by atoms with van der Waals surface area (Å²) in [6, 6.07) is 13.6. The Morgan fingerprint density at radius 2 is 1.83 bits per heavy atom. The van der Waals surface area contributed by atoms with Gasteiger partial charge in [-0.25, -0.2) is 13.1 Å². The minimum atomic E-state index is -3.71. The molecule has 0 aliphatic carbocycles. The smallest absolute Gasteiger partial charge is 0.241 e. The second-order valence-electron chi connectivity index (χ2n) is 5.29. The van der Waals surface area contributed by atoms with E-state index in [1.807, 2.05) is 31.2 Å². The first-order valence-corrected chi connectivity index (χ1v) is 8.57. The maximum atomic E-state index is 12.6. The molecule has 2 N–H and O–H groups in total. The van der Waals surface area contributed by atoms with Crippen LogP contribution in [0, 0.1) is 6.92 Å². The quantitative estimate of drug-likeness (QED) is 0.772. The SMILES string of the molecule is Cc1ccc(CNS(=O)(=O)c2ccc(O)c3ncccc23)cc1. The molecule has 2 aromatic carbocycles. The third kappa shape index (κ3) is 3.18. The number of fused-ring (bicyclic) bond motifs is 1. The van der Waals surface area contributed by atoms with Gasteiger partial charge in [0.2, 0.25) is 10.0 Å². The molecular weight excluding hydrogens is 312 g/mol. The van der Waals surface area contributed by atoms with Crippen molar-refractivity contribution < 1.29 is 13.5 Å². The molecule has 0 atom stereocenters. The summed E-state index contributed by atoms with van der Waals surface area (Å²) < 4.78 is 27.7. The number of aryl methyl sites for hydroxylation is 1. The van der Waals surface area contributed by atoms with Gasteiger partial charge in [-0.3, -0.25) is 4.98 Å². The normalized spacial score (nSPS) is 11.7. The number of sulfonamides is 1. The molecule has 1 heterocycles. The Kier molecular flexibility index (Phi) is 4.02. The first kappa shape index (κ1) is 15.5. The van der Waals surface area contributed by atoms with Gasteiger partial charge in [0.15, 0.2) is 0 Å². The average molecular weight is 328 g/mol. The molecule has 3 aromatic rings. The van der Waals surface area contributed by atoms with Gasteiger partial charge in [-0.2, -0.15) is 0 Å². The predicted octanol–water partition coefficient (Wildman–Crippen LogP) is 2.73. The highest BCUT2D eigenvalue weighted by atomic mass is 32.2. The third-order valence-corrected chi connectivity index (χ3v) is 5.04. The Hall–Kier alpha value is -2.44. The van der Waals surface area contributed by atoms with Crippen molar-refractivity contribution in [2.45, 2.75) is 18.4 Å². The number of benzene rings is 2. The summed E-state index contributed by atoms with van der Waals surface area (Å²) in [4.78, 5) is 4.14. The van der Waals surface area contributed by atoms with E-state index in [1.54, 1.807) is 12.1 Å². The van der Waals surface area contributed by atoms with E-state index >= 15 is 0 Å². The van der Waals surface area contributed by atoms with Gasteiger partial charge in [0.05, 0.1) is 4.90 Å². The highest BCUT2D eigenvalue weighted by molar-refractivity contribution is 7.89. The van der Waals surface area contributed by atoms with Crippen molar-refractivity contribution in [1.82, 2.24) is 9.71 Å². The number of nitrogens with zero attached hydrogens (tertiary/aromatic N) is 1. The van der Waals surface area contributed by atoms with Crippen LogP contribution in [-0.2, 0) is 16.6 Å². The van der Waals surface area contributed by atoms with Crippen LogP contribution in [0.4, 0.5) is 0 Å². The molecule has 23 heavy (non-hydrogen) atoms. The molecule has 1 aromatic heterocycles. The zero-order valence-electron chi connectivity index (χ0n) is 12.5. The molecule has 0 radical (unpaired) electrons. The van der Waals surface area contributed by atoms with E-state index in [0.717, 1.165) is 11.1 Å². The lowest BCUT2D eigenvalue weighted by Gasteiger charge is -2.10. The molecule has 118 valence electrons. The second kappa shape index (κ2) is 5.98. The maximum absolute atomic E-state index is 12.6. The Morgan fingerprint density at radius 3 is 2.57 bits per heavy atom. The van der Waals surface area contributed by atoms with Crippen molar-refractivity contribution in [2.75, 3.05) is 0 Å². The minimum absolute atomic E-state index is 0.0434. The Morgan fingerprint density at radius 1 is 1.09 bits per heavy atom. The average Bonchev–Trinajstić information content (AvgIpc) is 2.55. The van der Waals surface area contributed by atoms with E-state index in [1.165, 1.54) is 18.3 Å². The fourth-order valence-electron chi connectivity index (χ4n) is 2.33. The van der Waals surface area contributed by atoms with Crippen molar-refractivity contribution in [3.05, 3.63) is 65.9 Å². The van der Waals surface area contributed by atoms with E-state index in [0.29, 0.717) is 5.39 Å². The van der Waals surface area contributed by atoms with Crippen LogP contribution >= 0.6 is 0 Å². The summed E-state index contributed by atoms with van der Waals surface area (Å²) in [5.41, 5.74) is 2.26. The van der Waals surface area contributed by atoms with Gasteiger partial charge in [0, 0.05) is 18.1 Å². The molecular formula is C17H16N2O3S. The van der Waals surface area contributed by atoms with Gasteiger partial charge < -0.3 is 5.11 Å². The lowest BCUT2D eigenvalue weighted by atomic mass is 10.2. The van der Waals surface area contributed by atoms with Crippen LogP contribution < -0.4 is 4.72 Å². The van der Waals surface area contributed by atoms with Gasteiger partial charge in [0.25, 0.3) is 0 Å². The molecule has 0 fully saturated rings. The van der Waals surface area contributed by atoms with Crippen LogP contribution in [0.25, 0.3) is 10.9 Å². The highest BCUT2D eigenvalue weighted by Crippen LogP contribution is 2.28. The zero-order chi connectivity index (χ0) is 16.4. The van der Waals surface area contributed by atoms with Gasteiger partial charge in [-0.15, -0.1) is 0 Å². The molecule has 0 bridgehead atoms. The minimum Gasteiger partial charge on any atom is -0.506 e. The molecule has 6 heteroatoms. The van der Waals surface area contributed by atoms with Crippen molar-refractivity contribution >= 4 is 20.9 Å². The summed E-state index contributed by atoms with van der Waals surface area (Å²) in [6.45, 7) is 2.18. The lowest BCUT2D eigenvalue weighted by Crippen LogP contribution is -2.23. The third-order valence-electron chi connectivity index (χ3n) is 3.58. The fraction of sp³-hybridized carbons (Fsp3) is 0.118. The molecule has 0 aliphatic rings. The second-order valence-corrected chi connectivity index (χ2v) is 7.03. The largest absolute Gasteiger partial charge is 0.506 e. The topological polar surface area (TPSA) is 79.3 Å². The summed E-state index contributed by atoms with van der Waals surface area (Å²) >= 11 is 0. The first-order chi connectivity index (χ1) is 11.0. The van der Waals surface area contributed by atoms with Crippen LogP contribution in [0.5, 0.6) is 5.75 Å². The summed E-state index contributed by atoms with van der Waals surface area (Å²) in [5, 5.41) is 10.2. The summed E-state index contributed by atoms with van der Waals surface area (Å²) in [6.07, 6.45) is 1.51. The Bertz CT molecular complexity index is 951. The number of aromatic hydroxyl groups is 1. The molecule has 0 spiro atoms. The highest BCUT2D eigenvalue weighted by Gasteiger charge is 2.18. The van der Waals surface area contributed by atoms with Crippen molar-refractivity contribution in [3.63, 3.8) is 0 Å². The summed E-state index contributed by atoms with van der Waals surface area (Å²) in [5.74, 6) is -0.0434. The molecule has 0 saturated carbocycles. The van der Waals surface area contributed by atoms with Crippen LogP contribution in [0.3, 0.4) is 0 Å². The summed E-state index contributed by atoms with van der Waals surface area (Å²) in [7, 11) is -3.71. The number of hydrogen-bond donors (Lipinski definition) is 2. The number of pyridine rings is 1. The number of rotatable bonds is 4. The number of nitrogens with one attached hydrogen (secondary N) is 1. The van der Waals surface area contributed by atoms with Crippen molar-refractivity contribution in [3.8, 4) is 5.75 Å².